The Morgan fingerprint density at radius 1 is 1.12 bits per heavy atom. The van der Waals surface area contributed by atoms with E-state index >= 15 is 0 Å². The van der Waals surface area contributed by atoms with E-state index in [0.717, 1.165) is 0 Å². The van der Waals surface area contributed by atoms with E-state index < -0.39 is 18.2 Å². The fourth-order valence-corrected chi connectivity index (χ4v) is 1.25. The zero-order chi connectivity index (χ0) is 12.8. The Morgan fingerprint density at radius 3 is 2.18 bits per heavy atom. The summed E-state index contributed by atoms with van der Waals surface area (Å²) < 4.78 is 14.9. The lowest BCUT2D eigenvalue weighted by Crippen LogP contribution is -2.14. The van der Waals surface area contributed by atoms with Crippen LogP contribution in [0, 0.1) is 0 Å². The Bertz CT molecular complexity index is 397. The molecule has 0 aliphatic carbocycles. The summed E-state index contributed by atoms with van der Waals surface area (Å²) in [5.41, 5.74) is 0.537. The van der Waals surface area contributed by atoms with Gasteiger partial charge in [-0.25, -0.2) is 0 Å². The molecule has 1 rings (SSSR count). The van der Waals surface area contributed by atoms with Crippen molar-refractivity contribution in [2.24, 2.45) is 0 Å². The average Bonchev–Trinajstić information content (AvgIpc) is 2.27. The van der Waals surface area contributed by atoms with Crippen molar-refractivity contribution in [3.63, 3.8) is 0 Å². The van der Waals surface area contributed by atoms with Crippen LogP contribution in [0.4, 0.5) is 0 Å². The number of carbonyl (C=O) groups excluding carboxylic acids is 2. The molecule has 0 amide bonds. The van der Waals surface area contributed by atoms with Crippen LogP contribution < -0.4 is 4.74 Å². The Kier molecular flexibility index (Phi) is 4.51. The van der Waals surface area contributed by atoms with Crippen molar-refractivity contribution < 1.29 is 23.8 Å². The van der Waals surface area contributed by atoms with Crippen LogP contribution in [0.3, 0.4) is 0 Å². The van der Waals surface area contributed by atoms with Crippen molar-refractivity contribution in [2.75, 3.05) is 7.11 Å². The van der Waals surface area contributed by atoms with Crippen LogP contribution in [-0.2, 0) is 19.1 Å². The lowest BCUT2D eigenvalue weighted by molar-refractivity contribution is -0.186. The topological polar surface area (TPSA) is 61.8 Å². The fraction of sp³-hybridized carbons (Fsp3) is 0.333. The van der Waals surface area contributed by atoms with E-state index in [0.29, 0.717) is 11.3 Å². The third-order valence-corrected chi connectivity index (χ3v) is 1.91. The van der Waals surface area contributed by atoms with Crippen molar-refractivity contribution in [2.45, 2.75) is 20.1 Å². The van der Waals surface area contributed by atoms with Crippen LogP contribution >= 0.6 is 0 Å². The molecule has 0 atom stereocenters. The number of rotatable bonds is 4. The molecule has 0 saturated carbocycles. The van der Waals surface area contributed by atoms with Crippen molar-refractivity contribution in [1.82, 2.24) is 0 Å². The number of benzene rings is 1. The summed E-state index contributed by atoms with van der Waals surface area (Å²) in [6, 6.07) is 6.77. The number of methoxy groups -OCH3 is 1. The zero-order valence-corrected chi connectivity index (χ0v) is 9.93. The van der Waals surface area contributed by atoms with Gasteiger partial charge in [0.25, 0.3) is 6.29 Å². The van der Waals surface area contributed by atoms with Gasteiger partial charge in [-0.3, -0.25) is 9.59 Å². The summed E-state index contributed by atoms with van der Waals surface area (Å²) in [4.78, 5) is 21.8. The Morgan fingerprint density at radius 2 is 1.71 bits per heavy atom. The number of ether oxygens (including phenoxy) is 3. The molecule has 5 heteroatoms. The summed E-state index contributed by atoms with van der Waals surface area (Å²) in [5.74, 6) is -0.468. The monoisotopic (exact) mass is 238 g/mol. The van der Waals surface area contributed by atoms with E-state index in [2.05, 4.69) is 0 Å². The standard InChI is InChI=1S/C12H14O5/c1-8(13)16-12(17-9(2)14)10-5-4-6-11(7-10)15-3/h4-7,12H,1-3H3. The summed E-state index contributed by atoms with van der Waals surface area (Å²) in [6.07, 6.45) is -1.04. The molecule has 0 N–H and O–H groups in total. The number of hydrogen-bond acceptors (Lipinski definition) is 5. The molecule has 0 heterocycles. The van der Waals surface area contributed by atoms with Crippen molar-refractivity contribution in [3.05, 3.63) is 29.8 Å². The van der Waals surface area contributed by atoms with Crippen molar-refractivity contribution >= 4 is 11.9 Å². The van der Waals surface area contributed by atoms with Gasteiger partial charge in [0, 0.05) is 19.4 Å². The van der Waals surface area contributed by atoms with Gasteiger partial charge in [-0.15, -0.1) is 0 Å². The molecule has 5 nitrogen and oxygen atoms in total. The SMILES string of the molecule is COc1cccc(C(OC(C)=O)OC(C)=O)c1. The molecule has 0 bridgehead atoms. The van der Waals surface area contributed by atoms with E-state index in [4.69, 9.17) is 14.2 Å². The predicted octanol–water partition coefficient (Wildman–Crippen LogP) is 1.82. The van der Waals surface area contributed by atoms with Gasteiger partial charge in [-0.05, 0) is 12.1 Å². The third-order valence-electron chi connectivity index (χ3n) is 1.91. The first-order valence-electron chi connectivity index (χ1n) is 5.01. The maximum absolute atomic E-state index is 10.9. The Balaban J connectivity index is 2.94. The molecule has 0 aliphatic rings. The van der Waals surface area contributed by atoms with Gasteiger partial charge in [0.15, 0.2) is 0 Å². The normalized spacial score (nSPS) is 9.88. The molecular weight excluding hydrogens is 224 g/mol. The van der Waals surface area contributed by atoms with E-state index in [9.17, 15) is 9.59 Å². The van der Waals surface area contributed by atoms with Gasteiger partial charge >= 0.3 is 11.9 Å². The number of esters is 2. The number of hydrogen-bond donors (Lipinski definition) is 0. The first kappa shape index (κ1) is 13.0. The highest BCUT2D eigenvalue weighted by molar-refractivity contribution is 5.68. The molecule has 1 aromatic carbocycles. The van der Waals surface area contributed by atoms with E-state index in [1.54, 1.807) is 24.3 Å². The largest absolute Gasteiger partial charge is 0.497 e. The molecule has 0 spiro atoms. The highest BCUT2D eigenvalue weighted by atomic mass is 16.7. The minimum atomic E-state index is -1.04. The second-order valence-electron chi connectivity index (χ2n) is 3.33. The predicted molar refractivity (Wildman–Crippen MR) is 59.3 cm³/mol. The molecule has 0 radical (unpaired) electrons. The van der Waals surface area contributed by atoms with Crippen LogP contribution in [0.2, 0.25) is 0 Å². The number of carbonyl (C=O) groups is 2. The molecule has 0 saturated heterocycles. The Hall–Kier alpha value is -2.04. The molecule has 0 aliphatic heterocycles. The minimum Gasteiger partial charge on any atom is -0.497 e. The smallest absolute Gasteiger partial charge is 0.305 e. The van der Waals surface area contributed by atoms with Gasteiger partial charge in [0.05, 0.1) is 7.11 Å². The first-order valence-corrected chi connectivity index (χ1v) is 5.01. The lowest BCUT2D eigenvalue weighted by atomic mass is 10.2. The van der Waals surface area contributed by atoms with Crippen molar-refractivity contribution in [3.8, 4) is 5.75 Å². The molecule has 17 heavy (non-hydrogen) atoms. The zero-order valence-electron chi connectivity index (χ0n) is 9.93. The highest BCUT2D eigenvalue weighted by Gasteiger charge is 2.18. The van der Waals surface area contributed by atoms with Crippen molar-refractivity contribution in [1.29, 1.82) is 0 Å². The molecule has 92 valence electrons. The Labute approximate surface area is 99.3 Å². The molecular formula is C12H14O5. The van der Waals surface area contributed by atoms with Crippen LogP contribution in [0.25, 0.3) is 0 Å². The summed E-state index contributed by atoms with van der Waals surface area (Å²) in [7, 11) is 1.52. The summed E-state index contributed by atoms with van der Waals surface area (Å²) in [6.45, 7) is 2.49. The van der Waals surface area contributed by atoms with Crippen LogP contribution in [0.5, 0.6) is 5.75 Å². The summed E-state index contributed by atoms with van der Waals surface area (Å²) in [5, 5.41) is 0. The third kappa shape index (κ3) is 4.14. The molecule has 0 fully saturated rings. The van der Waals surface area contributed by atoms with Crippen LogP contribution in [0.1, 0.15) is 25.7 Å². The molecule has 0 unspecified atom stereocenters. The van der Waals surface area contributed by atoms with Gasteiger partial charge in [-0.1, -0.05) is 12.1 Å². The van der Waals surface area contributed by atoms with E-state index in [-0.39, 0.29) is 0 Å². The first-order chi connectivity index (χ1) is 8.02. The quantitative estimate of drug-likeness (QED) is 0.591. The summed E-state index contributed by atoms with van der Waals surface area (Å²) >= 11 is 0. The minimum absolute atomic E-state index is 0.529. The second-order valence-corrected chi connectivity index (χ2v) is 3.33. The highest BCUT2D eigenvalue weighted by Crippen LogP contribution is 2.23. The maximum atomic E-state index is 10.9. The lowest BCUT2D eigenvalue weighted by Gasteiger charge is -2.17. The van der Waals surface area contributed by atoms with Gasteiger partial charge < -0.3 is 14.2 Å². The second kappa shape index (κ2) is 5.89. The maximum Gasteiger partial charge on any atom is 0.305 e. The molecule has 0 aromatic heterocycles. The van der Waals surface area contributed by atoms with Crippen LogP contribution in [-0.4, -0.2) is 19.0 Å². The average molecular weight is 238 g/mol. The molecule has 1 aromatic rings. The van der Waals surface area contributed by atoms with Gasteiger partial charge in [0.2, 0.25) is 0 Å². The van der Waals surface area contributed by atoms with E-state index in [1.165, 1.54) is 21.0 Å². The van der Waals surface area contributed by atoms with E-state index in [1.807, 2.05) is 0 Å². The van der Waals surface area contributed by atoms with Gasteiger partial charge in [-0.2, -0.15) is 0 Å². The van der Waals surface area contributed by atoms with Gasteiger partial charge in [0.1, 0.15) is 5.75 Å². The van der Waals surface area contributed by atoms with Crippen LogP contribution in [0.15, 0.2) is 24.3 Å². The fourth-order valence-electron chi connectivity index (χ4n) is 1.25.